The van der Waals surface area contributed by atoms with Crippen molar-refractivity contribution in [3.05, 3.63) is 0 Å². The molecular formula is C6H16LiSi. The average Bonchev–Trinajstić information content (AvgIpc) is 1.71. The summed E-state index contributed by atoms with van der Waals surface area (Å²) >= 11 is 2.21. The van der Waals surface area contributed by atoms with Crippen LogP contribution in [0, 0.1) is 0 Å². The van der Waals surface area contributed by atoms with E-state index in [1.807, 2.05) is 0 Å². The van der Waals surface area contributed by atoms with Crippen LogP contribution in [0.5, 0.6) is 0 Å². The summed E-state index contributed by atoms with van der Waals surface area (Å²) in [6.45, 7) is 6.63. The normalized spacial score (nSPS) is 7.62. The van der Waals surface area contributed by atoms with E-state index < -0.39 is 0 Å². The Hall–Kier alpha value is 0.814. The zero-order chi connectivity index (χ0) is 6.83. The van der Waals surface area contributed by atoms with Crippen molar-refractivity contribution in [2.75, 3.05) is 0 Å². The summed E-state index contributed by atoms with van der Waals surface area (Å²) < 4.78 is 0. The van der Waals surface area contributed by atoms with Crippen molar-refractivity contribution in [3.8, 4) is 0 Å². The minimum absolute atomic E-state index is 0.750. The van der Waals surface area contributed by atoms with Crippen LogP contribution in [0.4, 0.5) is 0 Å². The summed E-state index contributed by atoms with van der Waals surface area (Å²) in [5, 5.41) is 1.34. The molecule has 0 atom stereocenters. The van der Waals surface area contributed by atoms with E-state index >= 15 is 0 Å². The molecule has 1 radical (unpaired) electrons. The van der Waals surface area contributed by atoms with Crippen LogP contribution in [0.1, 0.15) is 19.8 Å². The molecule has 0 rings (SSSR count). The molecular weight excluding hydrogens is 107 g/mol. The Kier molecular flexibility index (Phi) is 22.7. The predicted octanol–water partition coefficient (Wildman–Crippen LogP) is 1.89. The van der Waals surface area contributed by atoms with Crippen molar-refractivity contribution < 1.29 is 0 Å². The Morgan fingerprint density at radius 2 is 1.75 bits per heavy atom. The van der Waals surface area contributed by atoms with Crippen LogP contribution in [-0.2, 0) is 0 Å². The summed E-state index contributed by atoms with van der Waals surface area (Å²) in [6.07, 6.45) is 2.73. The third kappa shape index (κ3) is 29.1. The van der Waals surface area contributed by atoms with Gasteiger partial charge in [-0.15, -0.1) is 0 Å². The first-order chi connectivity index (χ1) is 3.83. The van der Waals surface area contributed by atoms with Crippen LogP contribution in [0.25, 0.3) is 0 Å². The van der Waals surface area contributed by atoms with Crippen LogP contribution in [0.15, 0.2) is 0 Å². The molecule has 0 aromatic rings. The van der Waals surface area contributed by atoms with Gasteiger partial charge >= 0.3 is 42.6 Å². The standard InChI is InChI=1S/C4H9.C2H7Si.Li/c1-3-4-2;1-3-2;/h1,3-4H2,2H3;3H,1-2H3;. The molecule has 0 aliphatic rings. The van der Waals surface area contributed by atoms with Gasteiger partial charge in [-0.3, -0.25) is 0 Å². The van der Waals surface area contributed by atoms with Crippen LogP contribution in [0.3, 0.4) is 0 Å². The first kappa shape index (κ1) is 11.6. The van der Waals surface area contributed by atoms with Crippen molar-refractivity contribution in [1.82, 2.24) is 0 Å². The number of unbranched alkanes of at least 4 members (excludes halogenated alkanes) is 1. The number of rotatable bonds is 2. The predicted molar refractivity (Wildman–Crippen MR) is 44.3 cm³/mol. The molecule has 2 heteroatoms. The number of hydrogen-bond donors (Lipinski definition) is 0. The summed E-state index contributed by atoms with van der Waals surface area (Å²) in [4.78, 5) is 0. The second-order valence-electron chi connectivity index (χ2n) is 1.93. The molecule has 45 valence electrons. The SMILES string of the molecule is C[SiH]C.[Li][CH2]CCC. The number of hydrogen-bond acceptors (Lipinski definition) is 0. The van der Waals surface area contributed by atoms with E-state index in [1.54, 1.807) is 0 Å². The van der Waals surface area contributed by atoms with Gasteiger partial charge < -0.3 is 0 Å². The first-order valence-corrected chi connectivity index (χ1v) is 5.88. The van der Waals surface area contributed by atoms with E-state index in [9.17, 15) is 0 Å². The molecule has 0 saturated heterocycles. The maximum absolute atomic E-state index is 2.21. The van der Waals surface area contributed by atoms with Crippen molar-refractivity contribution in [2.45, 2.75) is 38.0 Å². The first-order valence-electron chi connectivity index (χ1n) is 3.57. The molecule has 0 aromatic carbocycles. The van der Waals surface area contributed by atoms with E-state index in [4.69, 9.17) is 0 Å². The van der Waals surface area contributed by atoms with Crippen LogP contribution >= 0.6 is 0 Å². The molecule has 0 N–H and O–H groups in total. The molecule has 0 heterocycles. The Bertz CT molecular complexity index is 22.5. The van der Waals surface area contributed by atoms with Gasteiger partial charge in [0.15, 0.2) is 0 Å². The van der Waals surface area contributed by atoms with Gasteiger partial charge in [0.05, 0.1) is 0 Å². The Morgan fingerprint density at radius 3 is 1.75 bits per heavy atom. The summed E-state index contributed by atoms with van der Waals surface area (Å²) in [6, 6.07) is 0. The van der Waals surface area contributed by atoms with Gasteiger partial charge in [0.2, 0.25) is 0 Å². The monoisotopic (exact) mass is 123 g/mol. The van der Waals surface area contributed by atoms with Gasteiger partial charge in [-0.05, 0) is 0 Å². The second kappa shape index (κ2) is 15.7. The molecule has 0 aliphatic carbocycles. The molecule has 0 saturated carbocycles. The topological polar surface area (TPSA) is 0 Å². The van der Waals surface area contributed by atoms with Gasteiger partial charge in [-0.1, -0.05) is 13.1 Å². The van der Waals surface area contributed by atoms with E-state index in [0.717, 1.165) is 9.52 Å². The van der Waals surface area contributed by atoms with E-state index in [-0.39, 0.29) is 0 Å². The van der Waals surface area contributed by atoms with E-state index in [1.165, 1.54) is 17.9 Å². The van der Waals surface area contributed by atoms with Crippen molar-refractivity contribution in [3.63, 3.8) is 0 Å². The zero-order valence-electron chi connectivity index (χ0n) is 6.70. The Labute approximate surface area is 65.5 Å². The third-order valence-corrected chi connectivity index (χ3v) is 0.707. The zero-order valence-corrected chi connectivity index (χ0v) is 7.85. The van der Waals surface area contributed by atoms with E-state index in [2.05, 4.69) is 37.7 Å². The van der Waals surface area contributed by atoms with Gasteiger partial charge in [0.25, 0.3) is 0 Å². The molecule has 8 heavy (non-hydrogen) atoms. The van der Waals surface area contributed by atoms with Crippen LogP contribution in [0.2, 0.25) is 18.2 Å². The van der Waals surface area contributed by atoms with Crippen LogP contribution in [-0.4, -0.2) is 27.2 Å². The van der Waals surface area contributed by atoms with Gasteiger partial charge in [0, 0.05) is 9.52 Å². The fraction of sp³-hybridized carbons (Fsp3) is 1.00. The molecule has 0 nitrogen and oxygen atoms in total. The molecule has 0 aliphatic heterocycles. The minimum atomic E-state index is 0.750. The quantitative estimate of drug-likeness (QED) is 0.492. The van der Waals surface area contributed by atoms with Crippen LogP contribution < -0.4 is 0 Å². The van der Waals surface area contributed by atoms with Crippen molar-refractivity contribution >= 4 is 27.2 Å². The van der Waals surface area contributed by atoms with Crippen molar-refractivity contribution in [1.29, 1.82) is 0 Å². The molecule has 0 spiro atoms. The van der Waals surface area contributed by atoms with Crippen molar-refractivity contribution in [2.24, 2.45) is 0 Å². The molecule has 0 amide bonds. The average molecular weight is 123 g/mol. The maximum atomic E-state index is 2.21. The Morgan fingerprint density at radius 1 is 1.38 bits per heavy atom. The van der Waals surface area contributed by atoms with E-state index in [0.29, 0.717) is 0 Å². The molecule has 0 unspecified atom stereocenters. The van der Waals surface area contributed by atoms with Gasteiger partial charge in [-0.25, -0.2) is 0 Å². The summed E-state index contributed by atoms with van der Waals surface area (Å²) in [5.74, 6) is 0. The Balaban J connectivity index is 0. The molecule has 0 fully saturated rings. The second-order valence-corrected chi connectivity index (χ2v) is 3.09. The molecule has 0 aromatic heterocycles. The summed E-state index contributed by atoms with van der Waals surface area (Å²) in [7, 11) is 0.750. The van der Waals surface area contributed by atoms with Gasteiger partial charge in [0.1, 0.15) is 0 Å². The van der Waals surface area contributed by atoms with Gasteiger partial charge in [-0.2, -0.15) is 0 Å². The molecule has 0 bridgehead atoms. The summed E-state index contributed by atoms with van der Waals surface area (Å²) in [5.41, 5.74) is 0. The fourth-order valence-corrected chi connectivity index (χ4v) is 0.354. The third-order valence-electron chi connectivity index (χ3n) is 0.707. The fourth-order valence-electron chi connectivity index (χ4n) is 0.354.